The Bertz CT molecular complexity index is 2270. The van der Waals surface area contributed by atoms with Crippen molar-refractivity contribution < 1.29 is 0 Å². The molecule has 0 spiro atoms. The van der Waals surface area contributed by atoms with Crippen LogP contribution in [0.25, 0.3) is 0 Å². The molecule has 0 saturated carbocycles. The fourth-order valence-electron chi connectivity index (χ4n) is 9.70. The Balaban J connectivity index is 1.88. The molecular weight excluding hydrogens is 829 g/mol. The molecule has 0 radical (unpaired) electrons. The summed E-state index contributed by atoms with van der Waals surface area (Å²) in [6.45, 7) is 37.0. The predicted octanol–water partition coefficient (Wildman–Crippen LogP) is 16.2. The van der Waals surface area contributed by atoms with Crippen LogP contribution < -0.4 is 0 Å². The summed E-state index contributed by atoms with van der Waals surface area (Å²) in [5.74, 6) is 34.5. The third kappa shape index (κ3) is 15.4. The summed E-state index contributed by atoms with van der Waals surface area (Å²) in [7, 11) is -3.58. The van der Waals surface area contributed by atoms with Gasteiger partial charge in [0.2, 0.25) is 0 Å². The average Bonchev–Trinajstić information content (AvgIpc) is 3.27. The molecule has 1 heterocycles. The molecular formula is C62H80N2Si2. The molecule has 2 nitrogen and oxygen atoms in total. The van der Waals surface area contributed by atoms with E-state index in [0.29, 0.717) is 44.6 Å². The Hall–Kier alpha value is -5.21. The number of allylic oxidation sites excluding steroid dienone is 4. The van der Waals surface area contributed by atoms with Crippen LogP contribution in [0.2, 0.25) is 33.2 Å². The zero-order chi connectivity index (χ0) is 48.9. The van der Waals surface area contributed by atoms with Gasteiger partial charge in [0.05, 0.1) is 0 Å². The van der Waals surface area contributed by atoms with Gasteiger partial charge in [-0.2, -0.15) is 0 Å². The minimum Gasteiger partial charge on any atom is -0.141 e. The van der Waals surface area contributed by atoms with E-state index in [1.54, 1.807) is 0 Å². The largest absolute Gasteiger partial charge is 0.146 e. The van der Waals surface area contributed by atoms with Crippen molar-refractivity contribution in [1.82, 2.24) is 10.2 Å². The van der Waals surface area contributed by atoms with Gasteiger partial charge in [0.1, 0.15) is 27.5 Å². The van der Waals surface area contributed by atoms with Crippen molar-refractivity contribution in [2.45, 2.75) is 195 Å². The number of rotatable bonds is 14. The van der Waals surface area contributed by atoms with E-state index in [2.05, 4.69) is 240 Å². The van der Waals surface area contributed by atoms with Gasteiger partial charge in [-0.3, -0.25) is 0 Å². The molecule has 3 rings (SSSR count). The number of hydrogen-bond acceptors (Lipinski definition) is 2. The minimum atomic E-state index is -1.79. The average molecular weight is 910 g/mol. The van der Waals surface area contributed by atoms with Gasteiger partial charge in [-0.15, -0.1) is 21.3 Å². The molecule has 0 saturated heterocycles. The van der Waals surface area contributed by atoms with Gasteiger partial charge >= 0.3 is 0 Å². The Morgan fingerprint density at radius 2 is 0.576 bits per heavy atom. The van der Waals surface area contributed by atoms with Crippen LogP contribution in [0.5, 0.6) is 0 Å². The second kappa shape index (κ2) is 27.4. The molecule has 4 heteroatoms. The third-order valence-corrected chi connectivity index (χ3v) is 25.7. The van der Waals surface area contributed by atoms with Gasteiger partial charge in [-0.1, -0.05) is 184 Å². The number of aromatic nitrogens is 2. The third-order valence-electron chi connectivity index (χ3n) is 13.1. The number of hydrogen-bond donors (Lipinski definition) is 0. The molecule has 0 unspecified atom stereocenters. The Kier molecular flexibility index (Phi) is 22.9. The first-order valence-electron chi connectivity index (χ1n) is 25.1. The molecule has 3 aromatic rings. The zero-order valence-electron chi connectivity index (χ0n) is 43.8. The first-order chi connectivity index (χ1) is 31.5. The summed E-state index contributed by atoms with van der Waals surface area (Å²) >= 11 is 0. The topological polar surface area (TPSA) is 25.8 Å². The van der Waals surface area contributed by atoms with Crippen LogP contribution in [-0.4, -0.2) is 26.3 Å². The highest BCUT2D eigenvalue weighted by Gasteiger charge is 2.42. The first-order valence-corrected chi connectivity index (χ1v) is 29.6. The maximum absolute atomic E-state index is 4.47. The molecule has 0 aliphatic rings. The second-order valence-electron chi connectivity index (χ2n) is 19.7. The smallest absolute Gasteiger partial charge is 0.141 e. The molecule has 1 aromatic heterocycles. The van der Waals surface area contributed by atoms with Gasteiger partial charge in [0.25, 0.3) is 0 Å². The van der Waals surface area contributed by atoms with Gasteiger partial charge in [0, 0.05) is 44.5 Å². The van der Waals surface area contributed by atoms with Crippen molar-refractivity contribution in [1.29, 1.82) is 0 Å². The summed E-state index contributed by atoms with van der Waals surface area (Å²) in [4.78, 5) is 0. The van der Waals surface area contributed by atoms with Gasteiger partial charge in [0.15, 0.2) is 0 Å². The highest BCUT2D eigenvalue weighted by molar-refractivity contribution is 6.91. The fourth-order valence-corrected chi connectivity index (χ4v) is 20.1. The lowest BCUT2D eigenvalue weighted by Crippen LogP contribution is -2.43. The molecule has 2 aromatic carbocycles. The van der Waals surface area contributed by atoms with E-state index in [-0.39, 0.29) is 0 Å². The van der Waals surface area contributed by atoms with Crippen molar-refractivity contribution in [3.8, 4) is 70.3 Å². The van der Waals surface area contributed by atoms with Crippen molar-refractivity contribution in [2.24, 2.45) is 0 Å². The summed E-state index contributed by atoms with van der Waals surface area (Å²) < 4.78 is 0. The van der Waals surface area contributed by atoms with E-state index in [1.165, 1.54) is 0 Å². The Labute approximate surface area is 406 Å². The summed E-state index contributed by atoms with van der Waals surface area (Å²) in [6, 6.07) is 20.7. The summed E-state index contributed by atoms with van der Waals surface area (Å²) in [6.07, 6.45) is 7.44. The predicted molar refractivity (Wildman–Crippen MR) is 292 cm³/mol. The van der Waals surface area contributed by atoms with E-state index in [9.17, 15) is 0 Å². The number of nitrogens with zero attached hydrogens (tertiary/aromatic N) is 2. The monoisotopic (exact) mass is 909 g/mol. The molecule has 0 amide bonds. The van der Waals surface area contributed by atoms with E-state index in [4.69, 9.17) is 0 Å². The van der Waals surface area contributed by atoms with Crippen molar-refractivity contribution in [3.05, 3.63) is 117 Å². The molecule has 0 aliphatic carbocycles. The Morgan fingerprint density at radius 1 is 0.348 bits per heavy atom. The minimum absolute atomic E-state index is 0.608. The lowest BCUT2D eigenvalue weighted by molar-refractivity contribution is 0.838. The molecule has 0 fully saturated rings. The maximum Gasteiger partial charge on any atom is 0.146 e. The quantitative estimate of drug-likeness (QED) is 0.119. The van der Waals surface area contributed by atoms with E-state index < -0.39 is 16.1 Å². The van der Waals surface area contributed by atoms with Crippen LogP contribution in [0, 0.1) is 70.3 Å². The van der Waals surface area contributed by atoms with E-state index in [0.717, 1.165) is 95.9 Å². The molecule has 0 aliphatic heterocycles. The normalized spacial score (nSPS) is 12.1. The van der Waals surface area contributed by atoms with Crippen LogP contribution in [-0.2, 0) is 0 Å². The van der Waals surface area contributed by atoms with Crippen LogP contribution in [0.4, 0.5) is 0 Å². The van der Waals surface area contributed by atoms with Crippen LogP contribution in [0.1, 0.15) is 196 Å². The van der Waals surface area contributed by atoms with Crippen LogP contribution in [0.3, 0.4) is 0 Å². The summed E-state index contributed by atoms with van der Waals surface area (Å²) in [5.41, 5.74) is 21.0. The highest BCUT2D eigenvalue weighted by atomic mass is 28.3. The number of benzene rings is 2. The van der Waals surface area contributed by atoms with E-state index in [1.807, 2.05) is 12.1 Å². The molecule has 0 bridgehead atoms. The molecule has 0 atom stereocenters. The second-order valence-corrected chi connectivity index (χ2v) is 30.8. The standard InChI is InChI=1S/C62H80N2Si2/c1-17-21-57(35-33-53-25-29-55(30-26-53)43-45-65(47(5)6,48(7)8)49(9)10)59(23-19-3)37-39-61-41-42-62(64-63-61)40-38-60(24-20-4)58(22-18-2)36-34-54-27-31-56(32-28-54)44-46-66(50(11)12,51(13)14)52(15)16/h25-32,41-42,47-52H,17-24H2,1-16H3/b59-57+,60-58+. The Morgan fingerprint density at radius 3 is 0.788 bits per heavy atom. The molecule has 346 valence electrons. The van der Waals surface area contributed by atoms with Crippen LogP contribution in [0.15, 0.2) is 83.0 Å². The lowest BCUT2D eigenvalue weighted by Gasteiger charge is -2.38. The maximum atomic E-state index is 4.47. The lowest BCUT2D eigenvalue weighted by atomic mass is 9.99. The van der Waals surface area contributed by atoms with Gasteiger partial charge in [-0.05, 0) is 131 Å². The van der Waals surface area contributed by atoms with Gasteiger partial charge in [-0.25, -0.2) is 0 Å². The summed E-state index contributed by atoms with van der Waals surface area (Å²) in [5, 5.41) is 8.94. The SMILES string of the molecule is CCC/C(C#Cc1ccc(C#C[Si](C(C)C)(C(C)C)C(C)C)cc1)=C(\C#Cc1ccc(C#C/C(CCC)=C(/C#Cc2ccc(C#C[Si](C(C)C)(C(C)C)C(C)C)cc2)CCC)nn1)CCC. The van der Waals surface area contributed by atoms with Crippen molar-refractivity contribution in [2.75, 3.05) is 0 Å². The van der Waals surface area contributed by atoms with Crippen molar-refractivity contribution >= 4 is 16.1 Å². The molecule has 0 N–H and O–H groups in total. The van der Waals surface area contributed by atoms with Crippen LogP contribution >= 0.6 is 0 Å². The first kappa shape index (κ1) is 55.1. The van der Waals surface area contributed by atoms with Crippen molar-refractivity contribution in [3.63, 3.8) is 0 Å². The zero-order valence-corrected chi connectivity index (χ0v) is 45.8. The van der Waals surface area contributed by atoms with E-state index >= 15 is 0 Å². The highest BCUT2D eigenvalue weighted by Crippen LogP contribution is 2.42. The fraction of sp³-hybridized carbons (Fsp3) is 0.484. The molecule has 66 heavy (non-hydrogen) atoms. The van der Waals surface area contributed by atoms with Gasteiger partial charge < -0.3 is 0 Å².